The SMILES string of the molecule is CCCC(=Cc1ccccc1)S(=O)(=O)NC(C)(C)C. The zero-order valence-corrected chi connectivity index (χ0v) is 12.9. The lowest BCUT2D eigenvalue weighted by Crippen LogP contribution is -2.41. The fourth-order valence-electron chi connectivity index (χ4n) is 1.73. The lowest BCUT2D eigenvalue weighted by atomic mass is 10.1. The van der Waals surface area contributed by atoms with E-state index in [0.29, 0.717) is 11.3 Å². The predicted molar refractivity (Wildman–Crippen MR) is 81.1 cm³/mol. The van der Waals surface area contributed by atoms with Crippen LogP contribution in [0.2, 0.25) is 0 Å². The van der Waals surface area contributed by atoms with E-state index in [1.165, 1.54) is 0 Å². The maximum absolute atomic E-state index is 12.4. The molecule has 0 aliphatic carbocycles. The predicted octanol–water partition coefficient (Wildman–Crippen LogP) is 3.55. The highest BCUT2D eigenvalue weighted by Crippen LogP contribution is 2.19. The summed E-state index contributed by atoms with van der Waals surface area (Å²) in [5.41, 5.74) is 0.438. The highest BCUT2D eigenvalue weighted by molar-refractivity contribution is 7.93. The molecule has 0 spiro atoms. The molecule has 0 atom stereocenters. The van der Waals surface area contributed by atoms with Gasteiger partial charge in [0.1, 0.15) is 0 Å². The smallest absolute Gasteiger partial charge is 0.207 e. The standard InChI is InChI=1S/C15H23NO2S/c1-5-9-14(12-13-10-7-6-8-11-13)19(17,18)16-15(2,3)4/h6-8,10-12,16H,5,9H2,1-4H3. The maximum Gasteiger partial charge on any atom is 0.237 e. The number of rotatable bonds is 5. The number of hydrogen-bond acceptors (Lipinski definition) is 2. The molecular weight excluding hydrogens is 258 g/mol. The molecule has 0 amide bonds. The average molecular weight is 281 g/mol. The molecule has 0 saturated heterocycles. The molecule has 0 unspecified atom stereocenters. The van der Waals surface area contributed by atoms with Crippen molar-refractivity contribution in [3.05, 3.63) is 40.8 Å². The molecule has 1 aromatic rings. The Balaban J connectivity index is 3.11. The van der Waals surface area contributed by atoms with Gasteiger partial charge in [-0.2, -0.15) is 0 Å². The maximum atomic E-state index is 12.4. The summed E-state index contributed by atoms with van der Waals surface area (Å²) in [6, 6.07) is 9.53. The van der Waals surface area contributed by atoms with Gasteiger partial charge in [-0.05, 0) is 38.8 Å². The van der Waals surface area contributed by atoms with E-state index in [9.17, 15) is 8.42 Å². The van der Waals surface area contributed by atoms with Gasteiger partial charge in [-0.1, -0.05) is 43.7 Å². The second kappa shape index (κ2) is 6.35. The van der Waals surface area contributed by atoms with Crippen molar-refractivity contribution in [2.45, 2.75) is 46.1 Å². The Morgan fingerprint density at radius 1 is 1.21 bits per heavy atom. The summed E-state index contributed by atoms with van der Waals surface area (Å²) < 4.78 is 27.4. The van der Waals surface area contributed by atoms with Crippen molar-refractivity contribution >= 4 is 16.1 Å². The molecule has 0 saturated carbocycles. The first kappa shape index (κ1) is 15.9. The van der Waals surface area contributed by atoms with Crippen LogP contribution in [0.1, 0.15) is 46.1 Å². The van der Waals surface area contributed by atoms with Crippen LogP contribution in [0.5, 0.6) is 0 Å². The summed E-state index contributed by atoms with van der Waals surface area (Å²) in [6.45, 7) is 7.51. The topological polar surface area (TPSA) is 46.2 Å². The molecule has 4 heteroatoms. The molecule has 0 aromatic heterocycles. The van der Waals surface area contributed by atoms with Crippen LogP contribution < -0.4 is 4.72 Å². The quantitative estimate of drug-likeness (QED) is 0.897. The zero-order valence-electron chi connectivity index (χ0n) is 12.1. The van der Waals surface area contributed by atoms with E-state index in [0.717, 1.165) is 12.0 Å². The third kappa shape index (κ3) is 5.57. The number of allylic oxidation sites excluding steroid dienone is 1. The minimum Gasteiger partial charge on any atom is -0.207 e. The van der Waals surface area contributed by atoms with Gasteiger partial charge in [-0.15, -0.1) is 0 Å². The second-order valence-electron chi connectivity index (χ2n) is 5.63. The second-order valence-corrected chi connectivity index (χ2v) is 7.36. The van der Waals surface area contributed by atoms with E-state index in [-0.39, 0.29) is 0 Å². The Hall–Kier alpha value is -1.13. The minimum absolute atomic E-state index is 0.441. The normalized spacial score (nSPS) is 13.6. The lowest BCUT2D eigenvalue weighted by Gasteiger charge is -2.21. The molecule has 19 heavy (non-hydrogen) atoms. The zero-order chi connectivity index (χ0) is 14.5. The van der Waals surface area contributed by atoms with Crippen molar-refractivity contribution in [3.63, 3.8) is 0 Å². The number of hydrogen-bond donors (Lipinski definition) is 1. The molecule has 0 aliphatic heterocycles. The largest absolute Gasteiger partial charge is 0.237 e. The monoisotopic (exact) mass is 281 g/mol. The highest BCUT2D eigenvalue weighted by atomic mass is 32.2. The van der Waals surface area contributed by atoms with Crippen LogP contribution in [-0.2, 0) is 10.0 Å². The number of nitrogens with one attached hydrogen (secondary N) is 1. The summed E-state index contributed by atoms with van der Waals surface area (Å²) in [7, 11) is -3.43. The van der Waals surface area contributed by atoms with Gasteiger partial charge in [0, 0.05) is 5.54 Å². The van der Waals surface area contributed by atoms with Crippen LogP contribution in [-0.4, -0.2) is 14.0 Å². The molecule has 1 N–H and O–H groups in total. The first-order chi connectivity index (χ1) is 8.74. The number of sulfonamides is 1. The van der Waals surface area contributed by atoms with Gasteiger partial charge in [0.2, 0.25) is 10.0 Å². The van der Waals surface area contributed by atoms with Crippen molar-refractivity contribution in [2.75, 3.05) is 0 Å². The molecule has 1 aromatic carbocycles. The molecule has 1 rings (SSSR count). The van der Waals surface area contributed by atoms with E-state index in [1.807, 2.05) is 58.0 Å². The fourth-order valence-corrected chi connectivity index (χ4v) is 3.44. The van der Waals surface area contributed by atoms with Gasteiger partial charge in [0.05, 0.1) is 4.91 Å². The van der Waals surface area contributed by atoms with E-state index in [4.69, 9.17) is 0 Å². The van der Waals surface area contributed by atoms with Crippen molar-refractivity contribution in [1.82, 2.24) is 4.72 Å². The third-order valence-corrected chi connectivity index (χ3v) is 4.30. The fraction of sp³-hybridized carbons (Fsp3) is 0.467. The Bertz CT molecular complexity index is 525. The van der Waals surface area contributed by atoms with Crippen molar-refractivity contribution in [3.8, 4) is 0 Å². The van der Waals surface area contributed by atoms with Gasteiger partial charge < -0.3 is 0 Å². The Labute approximate surface area is 116 Å². The van der Waals surface area contributed by atoms with Crippen molar-refractivity contribution < 1.29 is 8.42 Å². The first-order valence-electron chi connectivity index (χ1n) is 6.54. The first-order valence-corrected chi connectivity index (χ1v) is 8.02. The molecule has 0 heterocycles. The Morgan fingerprint density at radius 2 is 1.79 bits per heavy atom. The van der Waals surface area contributed by atoms with E-state index < -0.39 is 15.6 Å². The van der Waals surface area contributed by atoms with E-state index >= 15 is 0 Å². The van der Waals surface area contributed by atoms with Gasteiger partial charge in [-0.25, -0.2) is 13.1 Å². The Morgan fingerprint density at radius 3 is 2.26 bits per heavy atom. The van der Waals surface area contributed by atoms with Gasteiger partial charge in [0.15, 0.2) is 0 Å². The van der Waals surface area contributed by atoms with Crippen LogP contribution >= 0.6 is 0 Å². The summed E-state index contributed by atoms with van der Waals surface area (Å²) in [5, 5.41) is 0. The third-order valence-electron chi connectivity index (χ3n) is 2.41. The molecule has 0 fully saturated rings. The summed E-state index contributed by atoms with van der Waals surface area (Å²) in [6.07, 6.45) is 3.08. The average Bonchev–Trinajstić information content (AvgIpc) is 2.26. The molecule has 0 aliphatic rings. The Kier molecular flexibility index (Phi) is 5.32. The minimum atomic E-state index is -3.43. The molecular formula is C15H23NO2S. The molecule has 0 radical (unpaired) electrons. The lowest BCUT2D eigenvalue weighted by molar-refractivity contribution is 0.494. The molecule has 3 nitrogen and oxygen atoms in total. The van der Waals surface area contributed by atoms with Crippen LogP contribution in [0.3, 0.4) is 0 Å². The van der Waals surface area contributed by atoms with Crippen molar-refractivity contribution in [2.24, 2.45) is 0 Å². The van der Waals surface area contributed by atoms with Gasteiger partial charge in [0.25, 0.3) is 0 Å². The van der Waals surface area contributed by atoms with Crippen LogP contribution in [0, 0.1) is 0 Å². The van der Waals surface area contributed by atoms with Crippen LogP contribution in [0.25, 0.3) is 6.08 Å². The molecule has 106 valence electrons. The molecule has 0 bridgehead atoms. The van der Waals surface area contributed by atoms with Crippen LogP contribution in [0.4, 0.5) is 0 Å². The highest BCUT2D eigenvalue weighted by Gasteiger charge is 2.23. The van der Waals surface area contributed by atoms with Gasteiger partial charge in [-0.3, -0.25) is 0 Å². The summed E-state index contributed by atoms with van der Waals surface area (Å²) in [5.74, 6) is 0. The van der Waals surface area contributed by atoms with E-state index in [2.05, 4.69) is 4.72 Å². The summed E-state index contributed by atoms with van der Waals surface area (Å²) >= 11 is 0. The van der Waals surface area contributed by atoms with Crippen LogP contribution in [0.15, 0.2) is 35.2 Å². The summed E-state index contributed by atoms with van der Waals surface area (Å²) in [4.78, 5) is 0.441. The van der Waals surface area contributed by atoms with E-state index in [1.54, 1.807) is 6.08 Å². The van der Waals surface area contributed by atoms with Gasteiger partial charge >= 0.3 is 0 Å². The number of benzene rings is 1. The van der Waals surface area contributed by atoms with Crippen molar-refractivity contribution in [1.29, 1.82) is 0 Å².